The molecule has 44 heavy (non-hydrogen) atoms. The first-order valence-corrected chi connectivity index (χ1v) is 15.4. The second-order valence-electron chi connectivity index (χ2n) is 13.1. The van der Waals surface area contributed by atoms with Gasteiger partial charge in [0, 0.05) is 46.2 Å². The predicted octanol–water partition coefficient (Wildman–Crippen LogP) is 4.34. The molecule has 1 fully saturated rings. The van der Waals surface area contributed by atoms with E-state index in [2.05, 4.69) is 23.6 Å². The Kier molecular flexibility index (Phi) is 10.6. The smallest absolute Gasteiger partial charge is 0.246 e. The Morgan fingerprint density at radius 3 is 2.34 bits per heavy atom. The first kappa shape index (κ1) is 32.9. The summed E-state index contributed by atoms with van der Waals surface area (Å²) in [7, 11) is 5.27. The van der Waals surface area contributed by atoms with E-state index in [4.69, 9.17) is 5.73 Å². The minimum atomic E-state index is -0.803. The zero-order valence-electron chi connectivity index (χ0n) is 26.8. The Hall–Kier alpha value is -4.01. The molecule has 0 saturated carbocycles. The van der Waals surface area contributed by atoms with E-state index in [1.807, 2.05) is 68.4 Å². The van der Waals surface area contributed by atoms with E-state index in [1.165, 1.54) is 11.0 Å². The van der Waals surface area contributed by atoms with Gasteiger partial charge in [-0.15, -0.1) is 0 Å². The van der Waals surface area contributed by atoms with Crippen molar-refractivity contribution in [2.24, 2.45) is 11.1 Å². The maximum absolute atomic E-state index is 14.5. The van der Waals surface area contributed by atoms with Gasteiger partial charge in [-0.25, -0.2) is 5.01 Å². The highest BCUT2D eigenvalue weighted by Gasteiger charge is 2.45. The van der Waals surface area contributed by atoms with Crippen LogP contribution in [0.25, 0.3) is 10.8 Å². The summed E-state index contributed by atoms with van der Waals surface area (Å²) in [5.41, 5.74) is 9.84. The Morgan fingerprint density at radius 1 is 0.977 bits per heavy atom. The number of likely N-dealkylation sites (tertiary alicyclic amines) is 1. The second kappa shape index (κ2) is 14.2. The molecule has 0 aliphatic carbocycles. The van der Waals surface area contributed by atoms with Gasteiger partial charge in [-0.3, -0.25) is 19.8 Å². The van der Waals surface area contributed by atoms with Gasteiger partial charge >= 0.3 is 0 Å². The molecule has 0 aromatic heterocycles. The molecule has 3 N–H and O–H groups in total. The second-order valence-corrected chi connectivity index (χ2v) is 13.1. The summed E-state index contributed by atoms with van der Waals surface area (Å²) >= 11 is 0. The monoisotopic (exact) mass is 597 g/mol. The lowest BCUT2D eigenvalue weighted by Gasteiger charge is -2.44. The average Bonchev–Trinajstić information content (AvgIpc) is 2.98. The van der Waals surface area contributed by atoms with Crippen LogP contribution in [-0.2, 0) is 27.2 Å². The number of nitrogens with two attached hydrogens (primary N) is 1. The third kappa shape index (κ3) is 8.55. The Labute approximate surface area is 261 Å². The maximum Gasteiger partial charge on any atom is 0.246 e. The van der Waals surface area contributed by atoms with Crippen molar-refractivity contribution < 1.29 is 14.4 Å². The fraction of sp³-hybridized carbons (Fsp3) is 0.417. The highest BCUT2D eigenvalue weighted by Crippen LogP contribution is 2.35. The summed E-state index contributed by atoms with van der Waals surface area (Å²) in [5, 5.41) is 3.85. The van der Waals surface area contributed by atoms with E-state index in [1.54, 1.807) is 37.1 Å². The molecule has 3 aromatic rings. The average molecular weight is 598 g/mol. The van der Waals surface area contributed by atoms with Crippen molar-refractivity contribution >= 4 is 28.5 Å². The van der Waals surface area contributed by atoms with Crippen molar-refractivity contribution in [2.75, 3.05) is 34.2 Å². The Balaban J connectivity index is 1.65. The van der Waals surface area contributed by atoms with Crippen molar-refractivity contribution in [3.63, 3.8) is 0 Å². The number of hydrazine groups is 1. The third-order valence-electron chi connectivity index (χ3n) is 8.33. The maximum atomic E-state index is 14.5. The van der Waals surface area contributed by atoms with Gasteiger partial charge in [0.25, 0.3) is 0 Å². The number of piperidine rings is 1. The molecule has 1 aliphatic rings. The number of amides is 3. The van der Waals surface area contributed by atoms with Crippen LogP contribution in [0.5, 0.6) is 0 Å². The van der Waals surface area contributed by atoms with Crippen molar-refractivity contribution in [2.45, 2.75) is 57.5 Å². The van der Waals surface area contributed by atoms with Crippen LogP contribution in [0.3, 0.4) is 0 Å². The van der Waals surface area contributed by atoms with E-state index >= 15 is 0 Å². The molecule has 0 unspecified atom stereocenters. The van der Waals surface area contributed by atoms with Gasteiger partial charge in [0.2, 0.25) is 17.7 Å². The number of nitrogens with one attached hydrogen (secondary N) is 1. The number of hydrogen-bond acceptors (Lipinski definition) is 5. The van der Waals surface area contributed by atoms with E-state index in [0.29, 0.717) is 38.6 Å². The molecule has 4 rings (SSSR count). The fourth-order valence-corrected chi connectivity index (χ4v) is 5.96. The molecule has 234 valence electrons. The molecule has 0 bridgehead atoms. The van der Waals surface area contributed by atoms with Crippen molar-refractivity contribution in [3.05, 3.63) is 96.1 Å². The van der Waals surface area contributed by atoms with Crippen LogP contribution >= 0.6 is 0 Å². The Bertz CT molecular complexity index is 1480. The first-order valence-electron chi connectivity index (χ1n) is 15.4. The van der Waals surface area contributed by atoms with E-state index in [9.17, 15) is 14.4 Å². The minimum absolute atomic E-state index is 0.105. The van der Waals surface area contributed by atoms with Crippen molar-refractivity contribution in [3.8, 4) is 0 Å². The van der Waals surface area contributed by atoms with Crippen molar-refractivity contribution in [1.29, 1.82) is 0 Å². The number of carbonyl (C=O) groups is 3. The SMILES string of the molecule is CN(C)NC(=O)[C@@]1(Cc2ccccc2)CCCN(C(=O)[C@@H](Cc2ccc3ccccc3c2)N(C)C(=O)/C=C/CC(C)(C)N)C1. The lowest BCUT2D eigenvalue weighted by molar-refractivity contribution is -0.149. The van der Waals surface area contributed by atoms with Gasteiger partial charge in [-0.1, -0.05) is 78.9 Å². The summed E-state index contributed by atoms with van der Waals surface area (Å²) in [6.45, 7) is 4.61. The van der Waals surface area contributed by atoms with Crippen LogP contribution < -0.4 is 11.2 Å². The first-order chi connectivity index (χ1) is 20.9. The summed E-state index contributed by atoms with van der Waals surface area (Å²) in [4.78, 5) is 45.0. The molecular weight excluding hydrogens is 550 g/mol. The fourth-order valence-electron chi connectivity index (χ4n) is 5.96. The quantitative estimate of drug-likeness (QED) is 0.253. The number of carbonyl (C=O) groups excluding carboxylic acids is 3. The van der Waals surface area contributed by atoms with Gasteiger partial charge < -0.3 is 15.5 Å². The topological polar surface area (TPSA) is 99.0 Å². The lowest BCUT2D eigenvalue weighted by atomic mass is 9.74. The predicted molar refractivity (Wildman–Crippen MR) is 176 cm³/mol. The summed E-state index contributed by atoms with van der Waals surface area (Å²) in [5.74, 6) is -0.519. The van der Waals surface area contributed by atoms with E-state index in [-0.39, 0.29) is 24.3 Å². The molecule has 8 nitrogen and oxygen atoms in total. The molecule has 0 spiro atoms. The molecule has 3 aromatic carbocycles. The highest BCUT2D eigenvalue weighted by molar-refractivity contribution is 5.93. The zero-order valence-corrected chi connectivity index (χ0v) is 26.8. The minimum Gasteiger partial charge on any atom is -0.340 e. The number of rotatable bonds is 11. The molecule has 8 heteroatoms. The van der Waals surface area contributed by atoms with Crippen LogP contribution in [-0.4, -0.2) is 78.3 Å². The van der Waals surface area contributed by atoms with Crippen LogP contribution in [0.2, 0.25) is 0 Å². The zero-order chi connectivity index (χ0) is 31.9. The van der Waals surface area contributed by atoms with E-state index < -0.39 is 17.0 Å². The lowest BCUT2D eigenvalue weighted by Crippen LogP contribution is -2.59. The molecule has 1 heterocycles. The molecule has 1 aliphatic heterocycles. The van der Waals surface area contributed by atoms with Crippen LogP contribution in [0, 0.1) is 5.41 Å². The third-order valence-corrected chi connectivity index (χ3v) is 8.33. The standard InChI is InChI=1S/C36H47N5O3/c1-35(2,37)20-11-17-32(42)40(5)31(24-28-18-19-29-15-9-10-16-30(29)23-28)33(43)41-22-12-21-36(26-41,34(44)38-39(3)4)25-27-13-7-6-8-14-27/h6-11,13-19,23,31H,12,20-22,24-26,37H2,1-5H3,(H,38,44)/b17-11+/t31-,36-/m1/s1. The van der Waals surface area contributed by atoms with Gasteiger partial charge in [0.1, 0.15) is 6.04 Å². The number of fused-ring (bicyclic) bond motifs is 1. The van der Waals surface area contributed by atoms with Crippen molar-refractivity contribution in [1.82, 2.24) is 20.2 Å². The van der Waals surface area contributed by atoms with Gasteiger partial charge in [-0.2, -0.15) is 0 Å². The van der Waals surface area contributed by atoms with Crippen LogP contribution in [0.15, 0.2) is 84.9 Å². The van der Waals surface area contributed by atoms with Gasteiger partial charge in [0.15, 0.2) is 0 Å². The molecular formula is C36H47N5O3. The van der Waals surface area contributed by atoms with Gasteiger partial charge in [-0.05, 0) is 67.5 Å². The van der Waals surface area contributed by atoms with Crippen LogP contribution in [0.1, 0.15) is 44.2 Å². The summed E-state index contributed by atoms with van der Waals surface area (Å²) in [6, 6.07) is 23.5. The normalized spacial score (nSPS) is 18.0. The van der Waals surface area contributed by atoms with E-state index in [0.717, 1.165) is 21.9 Å². The van der Waals surface area contributed by atoms with Crippen LogP contribution in [0.4, 0.5) is 0 Å². The molecule has 3 amide bonds. The molecule has 0 radical (unpaired) electrons. The van der Waals surface area contributed by atoms with Gasteiger partial charge in [0.05, 0.1) is 5.41 Å². The Morgan fingerprint density at radius 2 is 1.66 bits per heavy atom. The highest BCUT2D eigenvalue weighted by atomic mass is 16.2. The molecule has 1 saturated heterocycles. The molecule has 2 atom stereocenters. The number of hydrogen-bond donors (Lipinski definition) is 2. The largest absolute Gasteiger partial charge is 0.340 e. The number of likely N-dealkylation sites (N-methyl/N-ethyl adjacent to an activating group) is 1. The number of benzene rings is 3. The summed E-state index contributed by atoms with van der Waals surface area (Å²) < 4.78 is 0. The number of nitrogens with zero attached hydrogens (tertiary/aromatic N) is 3. The summed E-state index contributed by atoms with van der Waals surface area (Å²) in [6.07, 6.45) is 6.03.